The molecule has 4 amide bonds. The highest BCUT2D eigenvalue weighted by atomic mass is 35.5. The Kier molecular flexibility index (Phi) is 19.2. The Hall–Kier alpha value is -6.66. The molecule has 7 aromatic rings. The van der Waals surface area contributed by atoms with Crippen molar-refractivity contribution in [3.8, 4) is 0 Å². The van der Waals surface area contributed by atoms with Crippen molar-refractivity contribution in [3.05, 3.63) is 176 Å². The second-order valence-electron chi connectivity index (χ2n) is 18.8. The molecule has 0 aliphatic carbocycles. The fraction of sp³-hybridized carbons (Fsp3) is 0.322. The average Bonchev–Trinajstić information content (AvgIpc) is 4.06. The number of aliphatic hydroxyl groups is 1. The van der Waals surface area contributed by atoms with E-state index in [4.69, 9.17) is 37.4 Å². The number of benzene rings is 5. The van der Waals surface area contributed by atoms with E-state index in [0.29, 0.717) is 42.6 Å². The molecule has 77 heavy (non-hydrogen) atoms. The lowest BCUT2D eigenvalue weighted by Gasteiger charge is -2.52. The first-order valence-electron chi connectivity index (χ1n) is 25.4. The van der Waals surface area contributed by atoms with Crippen LogP contribution in [0.4, 0.5) is 0 Å². The summed E-state index contributed by atoms with van der Waals surface area (Å²) in [5.41, 5.74) is 1.72. The van der Waals surface area contributed by atoms with Crippen LogP contribution in [0.5, 0.6) is 0 Å². The summed E-state index contributed by atoms with van der Waals surface area (Å²) in [4.78, 5) is 86.2. The van der Waals surface area contributed by atoms with Crippen LogP contribution in [-0.2, 0) is 75.5 Å². The first-order chi connectivity index (χ1) is 37.3. The maximum atomic E-state index is 14.5. The SMILES string of the molecule is CCOC(=O)CN(Cc1ccc(Cl)cc1)C(=O)C1(CO)CCN1C(=O)Cc1csc2ccccc12.CCOC(=O)CN(Cc1ccc(Cl)cc1)C(=O)C1(COCc2ccccc2)CCN1C(=O)Cc1csc2ccccc12. The predicted molar refractivity (Wildman–Crippen MR) is 299 cm³/mol. The van der Waals surface area contributed by atoms with Crippen molar-refractivity contribution in [2.24, 2.45) is 0 Å². The van der Waals surface area contributed by atoms with Crippen molar-refractivity contribution >= 4 is 102 Å². The standard InChI is InChI=1S/C33H33ClN2O5S.C26H27ClN2O5S/c1-2-41-31(38)20-35(19-24-12-14-27(34)15-13-24)32(39)33(23-40-21-25-8-4-3-5-9-25)16-17-36(33)30(37)18-26-22-42-29-11-7-6-10-28(26)29;1-2-34-24(32)15-28(14-18-7-9-20(27)10-8-18)25(33)26(17-30)11-12-29(26)23(31)13-19-16-35-22-6-4-3-5-21(19)22/h3-15,22H,2,16-21,23H2,1H3;3-10,16,30H,2,11-15,17H2,1H3. The van der Waals surface area contributed by atoms with Gasteiger partial charge in [0.1, 0.15) is 24.2 Å². The summed E-state index contributed by atoms with van der Waals surface area (Å²) in [6.45, 7) is 4.12. The Balaban J connectivity index is 0.000000207. The summed E-state index contributed by atoms with van der Waals surface area (Å²) in [7, 11) is 0. The summed E-state index contributed by atoms with van der Waals surface area (Å²) in [6.07, 6.45) is 1.05. The zero-order valence-corrected chi connectivity index (χ0v) is 46.0. The lowest BCUT2D eigenvalue weighted by atomic mass is 9.82. The molecule has 0 spiro atoms. The molecule has 0 bridgehead atoms. The Bertz CT molecular complexity index is 3190. The number of rotatable bonds is 21. The van der Waals surface area contributed by atoms with Gasteiger partial charge < -0.3 is 38.9 Å². The minimum absolute atomic E-state index is 0.0107. The molecule has 0 saturated carbocycles. The zero-order valence-electron chi connectivity index (χ0n) is 42.9. The van der Waals surface area contributed by atoms with Crippen LogP contribution in [0, 0.1) is 0 Å². The Morgan fingerprint density at radius 3 is 1.43 bits per heavy atom. The number of esters is 2. The van der Waals surface area contributed by atoms with E-state index in [0.717, 1.165) is 48.0 Å². The maximum Gasteiger partial charge on any atom is 0.325 e. The smallest absolute Gasteiger partial charge is 0.325 e. The molecule has 2 saturated heterocycles. The molecule has 2 atom stereocenters. The van der Waals surface area contributed by atoms with Crippen molar-refractivity contribution in [2.75, 3.05) is 52.6 Å². The van der Waals surface area contributed by atoms with Crippen molar-refractivity contribution < 1.29 is 48.1 Å². The summed E-state index contributed by atoms with van der Waals surface area (Å²) in [6, 6.07) is 39.6. The number of halogens is 2. The molecule has 4 heterocycles. The number of fused-ring (bicyclic) bond motifs is 2. The van der Waals surface area contributed by atoms with Crippen molar-refractivity contribution in [2.45, 2.75) is 70.3 Å². The highest BCUT2D eigenvalue weighted by Gasteiger charge is 2.56. The minimum Gasteiger partial charge on any atom is -0.465 e. The number of thiophene rings is 2. The van der Waals surface area contributed by atoms with E-state index < -0.39 is 35.5 Å². The molecule has 5 aromatic carbocycles. The van der Waals surface area contributed by atoms with Crippen LogP contribution >= 0.6 is 45.9 Å². The van der Waals surface area contributed by atoms with E-state index in [1.54, 1.807) is 77.8 Å². The van der Waals surface area contributed by atoms with Gasteiger partial charge in [0.05, 0.1) is 45.9 Å². The molecule has 18 heteroatoms. The van der Waals surface area contributed by atoms with Crippen LogP contribution in [0.3, 0.4) is 0 Å². The van der Waals surface area contributed by atoms with Gasteiger partial charge in [0.25, 0.3) is 11.8 Å². The molecular weight excluding hydrogens is 1060 g/mol. The van der Waals surface area contributed by atoms with Gasteiger partial charge in [0.15, 0.2) is 0 Å². The van der Waals surface area contributed by atoms with Crippen molar-refractivity contribution in [1.29, 1.82) is 0 Å². The quantitative estimate of drug-likeness (QED) is 0.0686. The van der Waals surface area contributed by atoms with Gasteiger partial charge in [-0.25, -0.2) is 0 Å². The maximum absolute atomic E-state index is 14.5. The molecule has 2 aromatic heterocycles. The highest BCUT2D eigenvalue weighted by molar-refractivity contribution is 7.17. The van der Waals surface area contributed by atoms with E-state index in [1.165, 1.54) is 14.7 Å². The van der Waals surface area contributed by atoms with Gasteiger partial charge in [0, 0.05) is 45.6 Å². The van der Waals surface area contributed by atoms with Crippen LogP contribution in [0.1, 0.15) is 54.5 Å². The van der Waals surface area contributed by atoms with E-state index in [-0.39, 0.29) is 76.6 Å². The van der Waals surface area contributed by atoms with Gasteiger partial charge in [-0.15, -0.1) is 22.7 Å². The first kappa shape index (κ1) is 56.5. The van der Waals surface area contributed by atoms with Gasteiger partial charge in [-0.05, 0) is 112 Å². The molecule has 1 N–H and O–H groups in total. The molecule has 9 rings (SSSR count). The molecule has 402 valence electrons. The number of likely N-dealkylation sites (tertiary alicyclic amines) is 2. The van der Waals surface area contributed by atoms with Crippen LogP contribution in [0.25, 0.3) is 20.2 Å². The minimum atomic E-state index is -1.40. The first-order valence-corrected chi connectivity index (χ1v) is 27.9. The number of aliphatic hydroxyl groups excluding tert-OH is 1. The van der Waals surface area contributed by atoms with Gasteiger partial charge in [-0.1, -0.05) is 114 Å². The Morgan fingerprint density at radius 2 is 1.00 bits per heavy atom. The Labute approximate surface area is 465 Å². The fourth-order valence-corrected chi connectivity index (χ4v) is 11.9. The largest absolute Gasteiger partial charge is 0.465 e. The van der Waals surface area contributed by atoms with E-state index in [9.17, 15) is 33.9 Å². The van der Waals surface area contributed by atoms with Crippen molar-refractivity contribution in [3.63, 3.8) is 0 Å². The summed E-state index contributed by atoms with van der Waals surface area (Å²) in [5, 5.41) is 17.5. The monoisotopic (exact) mass is 1120 g/mol. The Morgan fingerprint density at radius 1 is 0.571 bits per heavy atom. The molecule has 2 aliphatic heterocycles. The third-order valence-electron chi connectivity index (χ3n) is 13.8. The zero-order chi connectivity index (χ0) is 54.5. The van der Waals surface area contributed by atoms with Crippen LogP contribution in [-0.4, -0.2) is 124 Å². The number of carbonyl (C=O) groups excluding carboxylic acids is 6. The number of carbonyl (C=O) groups is 6. The van der Waals surface area contributed by atoms with Gasteiger partial charge in [-0.3, -0.25) is 28.8 Å². The summed E-state index contributed by atoms with van der Waals surface area (Å²) >= 11 is 15.2. The number of hydrogen-bond acceptors (Lipinski definition) is 12. The highest BCUT2D eigenvalue weighted by Crippen LogP contribution is 2.38. The topological polar surface area (TPSA) is 163 Å². The normalized spacial score (nSPS) is 16.6. The van der Waals surface area contributed by atoms with E-state index in [2.05, 4.69) is 0 Å². The molecule has 2 fully saturated rings. The van der Waals surface area contributed by atoms with Gasteiger partial charge >= 0.3 is 11.9 Å². The third kappa shape index (κ3) is 13.4. The van der Waals surface area contributed by atoms with E-state index in [1.807, 2.05) is 102 Å². The van der Waals surface area contributed by atoms with Gasteiger partial charge in [0.2, 0.25) is 11.8 Å². The lowest BCUT2D eigenvalue weighted by Crippen LogP contribution is -2.72. The second kappa shape index (κ2) is 26.1. The molecule has 0 radical (unpaired) electrons. The predicted octanol–water partition coefficient (Wildman–Crippen LogP) is 9.53. The van der Waals surface area contributed by atoms with Crippen LogP contribution in [0.15, 0.2) is 138 Å². The number of nitrogens with zero attached hydrogens (tertiary/aromatic N) is 4. The number of ether oxygens (including phenoxy) is 3. The second-order valence-corrected chi connectivity index (χ2v) is 21.5. The average molecular weight is 1120 g/mol. The van der Waals surface area contributed by atoms with E-state index >= 15 is 0 Å². The van der Waals surface area contributed by atoms with Gasteiger partial charge in [-0.2, -0.15) is 0 Å². The van der Waals surface area contributed by atoms with Crippen molar-refractivity contribution in [1.82, 2.24) is 19.6 Å². The molecule has 2 unspecified atom stereocenters. The molecule has 14 nitrogen and oxygen atoms in total. The lowest BCUT2D eigenvalue weighted by molar-refractivity contribution is -0.175. The summed E-state index contributed by atoms with van der Waals surface area (Å²) < 4.78 is 18.6. The molecular formula is C59H60Cl2N4O10S2. The number of amides is 4. The molecule has 2 aliphatic rings. The third-order valence-corrected chi connectivity index (χ3v) is 16.4. The summed E-state index contributed by atoms with van der Waals surface area (Å²) in [5.74, 6) is -2.26. The van der Waals surface area contributed by atoms with Crippen LogP contribution < -0.4 is 0 Å². The number of hydrogen-bond donors (Lipinski definition) is 1. The van der Waals surface area contributed by atoms with Crippen LogP contribution in [0.2, 0.25) is 10.0 Å². The fourth-order valence-electron chi connectivity index (χ4n) is 9.70.